The lowest BCUT2D eigenvalue weighted by Gasteiger charge is -2.28. The summed E-state index contributed by atoms with van der Waals surface area (Å²) < 4.78 is 26.7. The zero-order valence-corrected chi connectivity index (χ0v) is 11.1. The molecule has 0 aromatic rings. The van der Waals surface area contributed by atoms with E-state index in [0.717, 1.165) is 8.61 Å². The van der Waals surface area contributed by atoms with Crippen molar-refractivity contribution in [3.63, 3.8) is 0 Å². The van der Waals surface area contributed by atoms with Crippen LogP contribution in [0.4, 0.5) is 0 Å². The zero-order valence-electron chi connectivity index (χ0n) is 10.2. The van der Waals surface area contributed by atoms with E-state index in [2.05, 4.69) is 0 Å². The Morgan fingerprint density at radius 1 is 1.61 bits per heavy atom. The van der Waals surface area contributed by atoms with Crippen LogP contribution in [0, 0.1) is 11.3 Å². The van der Waals surface area contributed by atoms with Crippen LogP contribution in [0.15, 0.2) is 0 Å². The number of nitriles is 1. The van der Waals surface area contributed by atoms with Crippen molar-refractivity contribution >= 4 is 16.2 Å². The summed E-state index contributed by atoms with van der Waals surface area (Å²) in [6, 6.07) is 0.908. The lowest BCUT2D eigenvalue weighted by molar-refractivity contribution is -0.140. The van der Waals surface area contributed by atoms with Crippen molar-refractivity contribution < 1.29 is 18.3 Å². The fraction of sp³-hybridized carbons (Fsp3) is 0.800. The summed E-state index contributed by atoms with van der Waals surface area (Å²) in [4.78, 5) is 11.0. The fourth-order valence-electron chi connectivity index (χ4n) is 2.02. The van der Waals surface area contributed by atoms with E-state index in [1.165, 1.54) is 0 Å². The third-order valence-corrected chi connectivity index (χ3v) is 5.06. The van der Waals surface area contributed by atoms with Crippen LogP contribution in [-0.4, -0.2) is 53.8 Å². The second-order valence-electron chi connectivity index (χ2n) is 4.01. The van der Waals surface area contributed by atoms with Crippen molar-refractivity contribution in [2.24, 2.45) is 0 Å². The molecule has 7 nitrogen and oxygen atoms in total. The Bertz CT molecular complexity index is 443. The van der Waals surface area contributed by atoms with Gasteiger partial charge in [-0.1, -0.05) is 6.92 Å². The number of hydrogen-bond acceptors (Lipinski definition) is 4. The molecule has 1 aliphatic heterocycles. The van der Waals surface area contributed by atoms with Gasteiger partial charge in [-0.2, -0.15) is 22.3 Å². The van der Waals surface area contributed by atoms with Crippen LogP contribution in [0.5, 0.6) is 0 Å². The Kier molecular flexibility index (Phi) is 5.07. The van der Waals surface area contributed by atoms with E-state index in [4.69, 9.17) is 10.4 Å². The molecule has 0 aromatic carbocycles. The molecule has 0 saturated carbocycles. The number of carboxylic acids is 1. The molecule has 1 rings (SSSR count). The Labute approximate surface area is 107 Å². The van der Waals surface area contributed by atoms with Crippen LogP contribution < -0.4 is 0 Å². The van der Waals surface area contributed by atoms with Gasteiger partial charge in [0, 0.05) is 26.1 Å². The van der Waals surface area contributed by atoms with E-state index in [0.29, 0.717) is 12.8 Å². The van der Waals surface area contributed by atoms with Crippen LogP contribution >= 0.6 is 0 Å². The molecular weight excluding hydrogens is 258 g/mol. The second-order valence-corrected chi connectivity index (χ2v) is 5.90. The minimum absolute atomic E-state index is 0.0954. The van der Waals surface area contributed by atoms with Gasteiger partial charge in [-0.25, -0.2) is 0 Å². The third-order valence-electron chi connectivity index (χ3n) is 2.94. The van der Waals surface area contributed by atoms with E-state index in [1.54, 1.807) is 6.92 Å². The standard InChI is InChI=1S/C10H17N3O4S/c1-2-12(7-4-6-11)18(16,17)13-8-3-5-9(13)10(14)15/h9H,2-5,7-8H2,1H3,(H,14,15)/t9-/m1/s1. The van der Waals surface area contributed by atoms with Gasteiger partial charge >= 0.3 is 5.97 Å². The van der Waals surface area contributed by atoms with Crippen LogP contribution in [-0.2, 0) is 15.0 Å². The highest BCUT2D eigenvalue weighted by Crippen LogP contribution is 2.23. The predicted molar refractivity (Wildman–Crippen MR) is 63.8 cm³/mol. The van der Waals surface area contributed by atoms with Crippen molar-refractivity contribution in [1.82, 2.24) is 8.61 Å². The highest BCUT2D eigenvalue weighted by atomic mass is 32.2. The maximum absolute atomic E-state index is 12.3. The van der Waals surface area contributed by atoms with Gasteiger partial charge in [0.05, 0.1) is 6.07 Å². The molecule has 0 unspecified atom stereocenters. The van der Waals surface area contributed by atoms with Gasteiger partial charge < -0.3 is 5.11 Å². The van der Waals surface area contributed by atoms with Crippen LogP contribution in [0.2, 0.25) is 0 Å². The number of carbonyl (C=O) groups is 1. The first-order valence-electron chi connectivity index (χ1n) is 5.81. The molecule has 0 amide bonds. The first kappa shape index (κ1) is 14.9. The normalized spacial score (nSPS) is 21.1. The average Bonchev–Trinajstić information content (AvgIpc) is 2.79. The minimum atomic E-state index is -3.78. The molecular formula is C10H17N3O4S. The first-order chi connectivity index (χ1) is 8.45. The van der Waals surface area contributed by atoms with Gasteiger partial charge in [0.2, 0.25) is 0 Å². The van der Waals surface area contributed by atoms with Gasteiger partial charge in [0.15, 0.2) is 0 Å². The predicted octanol–water partition coefficient (Wildman–Crippen LogP) is 0.0158. The largest absolute Gasteiger partial charge is 0.480 e. The third kappa shape index (κ3) is 2.98. The smallest absolute Gasteiger partial charge is 0.322 e. The molecule has 8 heteroatoms. The summed E-state index contributed by atoms with van der Waals surface area (Å²) in [5.74, 6) is -1.12. The monoisotopic (exact) mass is 275 g/mol. The molecule has 102 valence electrons. The molecule has 0 aromatic heterocycles. The molecule has 0 radical (unpaired) electrons. The van der Waals surface area contributed by atoms with Crippen molar-refractivity contribution in [3.05, 3.63) is 0 Å². The number of rotatable bonds is 6. The fourth-order valence-corrected chi connectivity index (χ4v) is 3.84. The maximum atomic E-state index is 12.3. The van der Waals surface area contributed by atoms with Crippen molar-refractivity contribution in [1.29, 1.82) is 5.26 Å². The first-order valence-corrected chi connectivity index (χ1v) is 7.21. The van der Waals surface area contributed by atoms with Crippen molar-refractivity contribution in [3.8, 4) is 6.07 Å². The Morgan fingerprint density at radius 2 is 2.28 bits per heavy atom. The highest BCUT2D eigenvalue weighted by Gasteiger charge is 2.41. The molecule has 0 bridgehead atoms. The van der Waals surface area contributed by atoms with E-state index in [-0.39, 0.29) is 26.1 Å². The second kappa shape index (κ2) is 6.13. The molecule has 0 aliphatic carbocycles. The molecule has 18 heavy (non-hydrogen) atoms. The van der Waals surface area contributed by atoms with Gasteiger partial charge in [-0.3, -0.25) is 4.79 Å². The van der Waals surface area contributed by atoms with Gasteiger partial charge in [-0.15, -0.1) is 0 Å². The number of aliphatic carboxylic acids is 1. The quantitative estimate of drug-likeness (QED) is 0.736. The number of carboxylic acid groups (broad SMARTS) is 1. The molecule has 1 atom stereocenters. The lowest BCUT2D eigenvalue weighted by atomic mass is 10.2. The van der Waals surface area contributed by atoms with Crippen LogP contribution in [0.1, 0.15) is 26.2 Å². The molecule has 1 saturated heterocycles. The molecule has 1 aliphatic rings. The number of hydrogen-bond donors (Lipinski definition) is 1. The summed E-state index contributed by atoms with van der Waals surface area (Å²) in [6.07, 6.45) is 0.981. The molecule has 1 N–H and O–H groups in total. The summed E-state index contributed by atoms with van der Waals surface area (Å²) in [5, 5.41) is 17.5. The maximum Gasteiger partial charge on any atom is 0.322 e. The van der Waals surface area contributed by atoms with Crippen molar-refractivity contribution in [2.45, 2.75) is 32.2 Å². The average molecular weight is 275 g/mol. The molecule has 1 fully saturated rings. The van der Waals surface area contributed by atoms with Crippen LogP contribution in [0.3, 0.4) is 0 Å². The van der Waals surface area contributed by atoms with E-state index < -0.39 is 22.2 Å². The topological polar surface area (TPSA) is 102 Å². The van der Waals surface area contributed by atoms with E-state index in [1.807, 2.05) is 6.07 Å². The Hall–Kier alpha value is -1.17. The number of nitrogens with zero attached hydrogens (tertiary/aromatic N) is 3. The molecule has 0 spiro atoms. The molecule has 1 heterocycles. The summed E-state index contributed by atoms with van der Waals surface area (Å²) in [7, 11) is -3.78. The minimum Gasteiger partial charge on any atom is -0.480 e. The van der Waals surface area contributed by atoms with Gasteiger partial charge in [0.25, 0.3) is 10.2 Å². The zero-order chi connectivity index (χ0) is 13.8. The SMILES string of the molecule is CCN(CCC#N)S(=O)(=O)N1CCC[C@@H]1C(=O)O. The summed E-state index contributed by atoms with van der Waals surface area (Å²) >= 11 is 0. The van der Waals surface area contributed by atoms with Crippen LogP contribution in [0.25, 0.3) is 0 Å². The highest BCUT2D eigenvalue weighted by molar-refractivity contribution is 7.86. The van der Waals surface area contributed by atoms with Gasteiger partial charge in [0.1, 0.15) is 6.04 Å². The Morgan fingerprint density at radius 3 is 2.78 bits per heavy atom. The van der Waals surface area contributed by atoms with E-state index in [9.17, 15) is 13.2 Å². The van der Waals surface area contributed by atoms with Crippen molar-refractivity contribution in [2.75, 3.05) is 19.6 Å². The van der Waals surface area contributed by atoms with E-state index >= 15 is 0 Å². The Balaban J connectivity index is 2.90. The summed E-state index contributed by atoms with van der Waals surface area (Å²) in [5.41, 5.74) is 0. The van der Waals surface area contributed by atoms with Gasteiger partial charge in [-0.05, 0) is 12.8 Å². The summed E-state index contributed by atoms with van der Waals surface area (Å²) in [6.45, 7) is 2.22. The lowest BCUT2D eigenvalue weighted by Crippen LogP contribution is -2.48.